The molecule has 2 atom stereocenters. The summed E-state index contributed by atoms with van der Waals surface area (Å²) in [5.41, 5.74) is 1.11. The molecule has 1 aliphatic carbocycles. The van der Waals surface area contributed by atoms with Crippen LogP contribution >= 0.6 is 0 Å². The zero-order chi connectivity index (χ0) is 27.8. The maximum atomic E-state index is 13.3. The van der Waals surface area contributed by atoms with Gasteiger partial charge in [-0.05, 0) is 32.4 Å². The number of Topliss-reactive ketones (excluding diaryl/α,β-unsaturated/α-hetero) is 2. The first-order valence-corrected chi connectivity index (χ1v) is 12.9. The van der Waals surface area contributed by atoms with Gasteiger partial charge in [0.1, 0.15) is 11.5 Å². The predicted molar refractivity (Wildman–Crippen MR) is 142 cm³/mol. The third kappa shape index (κ3) is 6.34. The number of carbonyl (C=O) groups excluding carboxylic acids is 4. The molecule has 1 aliphatic rings. The van der Waals surface area contributed by atoms with E-state index in [4.69, 9.17) is 18.9 Å². The first-order valence-electron chi connectivity index (χ1n) is 12.9. The SMILES string of the molecule is CCOC(=O)C(Oc1ccc(OC(C(=O)OCC)c2ccccc2)c2c1C(=O)CCCC2=O)c1ccccc1. The Bertz CT molecular complexity index is 1230. The first-order chi connectivity index (χ1) is 18.9. The molecule has 0 radical (unpaired) electrons. The Morgan fingerprint density at radius 2 is 1.03 bits per heavy atom. The number of hydrogen-bond acceptors (Lipinski definition) is 8. The van der Waals surface area contributed by atoms with Crippen LogP contribution in [-0.4, -0.2) is 36.7 Å². The molecule has 0 bridgehead atoms. The van der Waals surface area contributed by atoms with Crippen LogP contribution in [0.4, 0.5) is 0 Å². The number of hydrogen-bond donors (Lipinski definition) is 0. The van der Waals surface area contributed by atoms with Gasteiger partial charge in [-0.2, -0.15) is 0 Å². The molecule has 8 nitrogen and oxygen atoms in total. The van der Waals surface area contributed by atoms with Gasteiger partial charge in [-0.1, -0.05) is 60.7 Å². The molecule has 0 aromatic heterocycles. The van der Waals surface area contributed by atoms with Crippen LogP contribution in [0.1, 0.15) is 77.2 Å². The quantitative estimate of drug-likeness (QED) is 0.246. The van der Waals surface area contributed by atoms with E-state index in [0.717, 1.165) is 0 Å². The van der Waals surface area contributed by atoms with E-state index in [9.17, 15) is 19.2 Å². The van der Waals surface area contributed by atoms with Crippen LogP contribution in [0.3, 0.4) is 0 Å². The number of rotatable bonds is 10. The van der Waals surface area contributed by atoms with Crippen molar-refractivity contribution in [2.45, 2.75) is 45.3 Å². The lowest BCUT2D eigenvalue weighted by molar-refractivity contribution is -0.152. The Kier molecular flexibility index (Phi) is 9.10. The van der Waals surface area contributed by atoms with Crippen molar-refractivity contribution in [1.29, 1.82) is 0 Å². The number of ketones is 2. The highest BCUT2D eigenvalue weighted by Crippen LogP contribution is 2.39. The monoisotopic (exact) mass is 530 g/mol. The average molecular weight is 531 g/mol. The second kappa shape index (κ2) is 12.9. The fourth-order valence-electron chi connectivity index (χ4n) is 4.42. The van der Waals surface area contributed by atoms with Gasteiger partial charge in [0.2, 0.25) is 12.2 Å². The van der Waals surface area contributed by atoms with Gasteiger partial charge in [0, 0.05) is 24.0 Å². The van der Waals surface area contributed by atoms with E-state index in [-0.39, 0.29) is 60.2 Å². The Labute approximate surface area is 226 Å². The molecular formula is C31H30O8. The highest BCUT2D eigenvalue weighted by molar-refractivity contribution is 6.13. The standard InChI is InChI=1S/C31H30O8/c1-3-36-30(34)28(20-12-7-5-8-13-20)38-24-18-19-25(27-23(33)17-11-16-22(32)26(24)27)39-29(31(35)37-4-2)21-14-9-6-10-15-21/h5-10,12-15,18-19,28-29H,3-4,11,16-17H2,1-2H3. The van der Waals surface area contributed by atoms with Crippen LogP contribution in [0.25, 0.3) is 0 Å². The molecule has 0 saturated carbocycles. The van der Waals surface area contributed by atoms with E-state index in [0.29, 0.717) is 17.5 Å². The van der Waals surface area contributed by atoms with Crippen LogP contribution in [0.2, 0.25) is 0 Å². The summed E-state index contributed by atoms with van der Waals surface area (Å²) in [5, 5.41) is 0. The minimum absolute atomic E-state index is 0.0240. The lowest BCUT2D eigenvalue weighted by Gasteiger charge is -2.23. The van der Waals surface area contributed by atoms with Crippen molar-refractivity contribution >= 4 is 23.5 Å². The van der Waals surface area contributed by atoms with Gasteiger partial charge in [0.25, 0.3) is 0 Å². The molecule has 0 amide bonds. The fourth-order valence-corrected chi connectivity index (χ4v) is 4.42. The summed E-state index contributed by atoms with van der Waals surface area (Å²) in [6, 6.07) is 20.5. The second-order valence-electron chi connectivity index (χ2n) is 8.83. The lowest BCUT2D eigenvalue weighted by Crippen LogP contribution is -2.24. The number of esters is 2. The zero-order valence-electron chi connectivity index (χ0n) is 21.9. The topological polar surface area (TPSA) is 105 Å². The number of ether oxygens (including phenoxy) is 4. The van der Waals surface area contributed by atoms with Crippen molar-refractivity contribution < 1.29 is 38.1 Å². The average Bonchev–Trinajstić information content (AvgIpc) is 3.10. The van der Waals surface area contributed by atoms with Crippen molar-refractivity contribution in [3.63, 3.8) is 0 Å². The summed E-state index contributed by atoms with van der Waals surface area (Å²) >= 11 is 0. The number of fused-ring (bicyclic) bond motifs is 1. The Hall–Kier alpha value is -4.46. The van der Waals surface area contributed by atoms with Crippen LogP contribution in [0.5, 0.6) is 11.5 Å². The third-order valence-electron chi connectivity index (χ3n) is 6.19. The maximum absolute atomic E-state index is 13.3. The third-order valence-corrected chi connectivity index (χ3v) is 6.19. The molecule has 0 aliphatic heterocycles. The normalized spacial score (nSPS) is 14.4. The molecular weight excluding hydrogens is 500 g/mol. The zero-order valence-corrected chi connectivity index (χ0v) is 21.9. The smallest absolute Gasteiger partial charge is 0.352 e. The molecule has 0 heterocycles. The van der Waals surface area contributed by atoms with E-state index in [1.807, 2.05) is 0 Å². The lowest BCUT2D eigenvalue weighted by atomic mass is 9.98. The summed E-state index contributed by atoms with van der Waals surface area (Å²) in [6.45, 7) is 3.66. The minimum Gasteiger partial charge on any atom is -0.473 e. The predicted octanol–water partition coefficient (Wildman–Crippen LogP) is 5.60. The van der Waals surface area contributed by atoms with Gasteiger partial charge in [0.05, 0.1) is 24.3 Å². The van der Waals surface area contributed by atoms with Crippen LogP contribution in [-0.2, 0) is 19.1 Å². The number of carbonyl (C=O) groups is 4. The van der Waals surface area contributed by atoms with Gasteiger partial charge < -0.3 is 18.9 Å². The summed E-state index contributed by atoms with van der Waals surface area (Å²) in [7, 11) is 0. The van der Waals surface area contributed by atoms with E-state index in [1.54, 1.807) is 74.5 Å². The maximum Gasteiger partial charge on any atom is 0.352 e. The van der Waals surface area contributed by atoms with Gasteiger partial charge in [-0.3, -0.25) is 9.59 Å². The molecule has 0 N–H and O–H groups in total. The van der Waals surface area contributed by atoms with Crippen molar-refractivity contribution in [3.8, 4) is 11.5 Å². The van der Waals surface area contributed by atoms with Crippen LogP contribution < -0.4 is 9.47 Å². The van der Waals surface area contributed by atoms with E-state index < -0.39 is 24.1 Å². The van der Waals surface area contributed by atoms with Crippen molar-refractivity contribution in [2.24, 2.45) is 0 Å². The van der Waals surface area contributed by atoms with Gasteiger partial charge >= 0.3 is 11.9 Å². The molecule has 0 saturated heterocycles. The van der Waals surface area contributed by atoms with Crippen LogP contribution in [0, 0.1) is 0 Å². The summed E-state index contributed by atoms with van der Waals surface area (Å²) < 4.78 is 22.7. The first kappa shape index (κ1) is 27.6. The molecule has 0 spiro atoms. The van der Waals surface area contributed by atoms with Crippen molar-refractivity contribution in [2.75, 3.05) is 13.2 Å². The fraction of sp³-hybridized carbons (Fsp3) is 0.290. The summed E-state index contributed by atoms with van der Waals surface area (Å²) in [4.78, 5) is 52.4. The van der Waals surface area contributed by atoms with E-state index in [2.05, 4.69) is 0 Å². The molecule has 4 rings (SSSR count). The highest BCUT2D eigenvalue weighted by Gasteiger charge is 2.34. The van der Waals surface area contributed by atoms with E-state index in [1.165, 1.54) is 12.1 Å². The molecule has 8 heteroatoms. The van der Waals surface area contributed by atoms with Gasteiger partial charge in [-0.15, -0.1) is 0 Å². The summed E-state index contributed by atoms with van der Waals surface area (Å²) in [5.74, 6) is -1.77. The second-order valence-corrected chi connectivity index (χ2v) is 8.83. The molecule has 202 valence electrons. The van der Waals surface area contributed by atoms with E-state index >= 15 is 0 Å². The Morgan fingerprint density at radius 3 is 1.38 bits per heavy atom. The molecule has 3 aromatic carbocycles. The molecule has 3 aromatic rings. The van der Waals surface area contributed by atoms with Crippen molar-refractivity contribution in [1.82, 2.24) is 0 Å². The van der Waals surface area contributed by atoms with Crippen LogP contribution in [0.15, 0.2) is 72.8 Å². The molecule has 0 fully saturated rings. The van der Waals surface area contributed by atoms with Gasteiger partial charge in [0.15, 0.2) is 11.6 Å². The molecule has 2 unspecified atom stereocenters. The largest absolute Gasteiger partial charge is 0.473 e. The van der Waals surface area contributed by atoms with Crippen molar-refractivity contribution in [3.05, 3.63) is 95.1 Å². The Balaban J connectivity index is 1.80. The highest BCUT2D eigenvalue weighted by atomic mass is 16.6. The summed E-state index contributed by atoms with van der Waals surface area (Å²) in [6.07, 6.45) is -1.73. The number of benzene rings is 3. The Morgan fingerprint density at radius 1 is 0.641 bits per heavy atom. The van der Waals surface area contributed by atoms with Gasteiger partial charge in [-0.25, -0.2) is 9.59 Å². The minimum atomic E-state index is -1.16. The molecule has 39 heavy (non-hydrogen) atoms.